The summed E-state index contributed by atoms with van der Waals surface area (Å²) in [6, 6.07) is 0.480. The first-order valence-corrected chi connectivity index (χ1v) is 6.40. The summed E-state index contributed by atoms with van der Waals surface area (Å²) in [4.78, 5) is 0. The zero-order valence-corrected chi connectivity index (χ0v) is 10.1. The molecule has 1 rings (SSSR count). The average Bonchev–Trinajstić information content (AvgIpc) is 2.18. The van der Waals surface area contributed by atoms with Crippen molar-refractivity contribution in [3.8, 4) is 0 Å². The minimum atomic E-state index is 0.480. The topological polar surface area (TPSA) is 26.0 Å². The summed E-state index contributed by atoms with van der Waals surface area (Å²) in [6.07, 6.45) is 8.05. The highest BCUT2D eigenvalue weighted by atomic mass is 14.6. The quantitative estimate of drug-likeness (QED) is 0.732. The van der Waals surface area contributed by atoms with E-state index >= 15 is 0 Å². The lowest BCUT2D eigenvalue weighted by molar-refractivity contribution is 0.199. The molecule has 1 heteroatoms. The van der Waals surface area contributed by atoms with E-state index < -0.39 is 0 Å². The summed E-state index contributed by atoms with van der Waals surface area (Å²) in [5.41, 5.74) is 6.18. The van der Waals surface area contributed by atoms with Crippen LogP contribution in [0.1, 0.15) is 59.3 Å². The van der Waals surface area contributed by atoms with Gasteiger partial charge in [-0.1, -0.05) is 27.2 Å². The van der Waals surface area contributed by atoms with E-state index in [1.165, 1.54) is 38.5 Å². The van der Waals surface area contributed by atoms with E-state index in [1.54, 1.807) is 0 Å². The summed E-state index contributed by atoms with van der Waals surface area (Å²) in [6.45, 7) is 6.95. The Kier molecular flexibility index (Phi) is 4.94. The Labute approximate surface area is 89.5 Å². The van der Waals surface area contributed by atoms with Crippen LogP contribution in [0.25, 0.3) is 0 Å². The molecular formula is C13H27N. The van der Waals surface area contributed by atoms with Crippen molar-refractivity contribution in [2.24, 2.45) is 23.5 Å². The van der Waals surface area contributed by atoms with Gasteiger partial charge in [-0.05, 0) is 49.9 Å². The normalized spacial score (nSPS) is 30.6. The predicted molar refractivity (Wildman–Crippen MR) is 63.2 cm³/mol. The van der Waals surface area contributed by atoms with Gasteiger partial charge in [-0.2, -0.15) is 0 Å². The van der Waals surface area contributed by atoms with Crippen molar-refractivity contribution in [2.75, 3.05) is 0 Å². The van der Waals surface area contributed by atoms with E-state index in [1.807, 2.05) is 0 Å². The molecule has 0 bridgehead atoms. The third-order valence-electron chi connectivity index (χ3n) is 3.99. The van der Waals surface area contributed by atoms with E-state index in [0.29, 0.717) is 6.04 Å². The fourth-order valence-electron chi connectivity index (χ4n) is 2.81. The molecule has 1 unspecified atom stereocenters. The van der Waals surface area contributed by atoms with E-state index in [4.69, 9.17) is 5.73 Å². The van der Waals surface area contributed by atoms with Crippen LogP contribution in [-0.2, 0) is 0 Å². The second kappa shape index (κ2) is 5.75. The zero-order valence-electron chi connectivity index (χ0n) is 10.1. The molecule has 14 heavy (non-hydrogen) atoms. The smallest absolute Gasteiger partial charge is 0.00670 e. The molecule has 84 valence electrons. The third-order valence-corrected chi connectivity index (χ3v) is 3.99. The second-order valence-corrected chi connectivity index (χ2v) is 5.37. The number of hydrogen-bond acceptors (Lipinski definition) is 1. The lowest BCUT2D eigenvalue weighted by Gasteiger charge is -2.33. The SMILES string of the molecule is CCCC(N)C1CCC(C(C)C)CC1. The van der Waals surface area contributed by atoms with Crippen LogP contribution in [0.4, 0.5) is 0 Å². The van der Waals surface area contributed by atoms with Gasteiger partial charge in [-0.15, -0.1) is 0 Å². The molecule has 1 aliphatic rings. The summed E-state index contributed by atoms with van der Waals surface area (Å²) in [5.74, 6) is 2.67. The fourth-order valence-corrected chi connectivity index (χ4v) is 2.81. The Bertz CT molecular complexity index is 145. The van der Waals surface area contributed by atoms with Gasteiger partial charge in [0, 0.05) is 6.04 Å². The van der Waals surface area contributed by atoms with Crippen molar-refractivity contribution in [1.82, 2.24) is 0 Å². The first kappa shape index (κ1) is 12.0. The number of hydrogen-bond donors (Lipinski definition) is 1. The summed E-state index contributed by atoms with van der Waals surface area (Å²) in [5, 5.41) is 0. The Morgan fingerprint density at radius 3 is 2.00 bits per heavy atom. The molecule has 0 aromatic rings. The van der Waals surface area contributed by atoms with Crippen LogP contribution in [0.2, 0.25) is 0 Å². The van der Waals surface area contributed by atoms with Crippen molar-refractivity contribution in [1.29, 1.82) is 0 Å². The molecule has 0 amide bonds. The van der Waals surface area contributed by atoms with Crippen LogP contribution < -0.4 is 5.73 Å². The van der Waals surface area contributed by atoms with Crippen molar-refractivity contribution < 1.29 is 0 Å². The lowest BCUT2D eigenvalue weighted by atomic mass is 9.74. The standard InChI is InChI=1S/C13H27N/c1-4-5-13(14)12-8-6-11(7-9-12)10(2)3/h10-13H,4-9,14H2,1-3H3. The van der Waals surface area contributed by atoms with Gasteiger partial charge in [0.15, 0.2) is 0 Å². The molecule has 0 radical (unpaired) electrons. The van der Waals surface area contributed by atoms with Gasteiger partial charge in [0.05, 0.1) is 0 Å². The molecular weight excluding hydrogens is 170 g/mol. The van der Waals surface area contributed by atoms with Gasteiger partial charge >= 0.3 is 0 Å². The molecule has 0 aromatic heterocycles. The molecule has 1 aliphatic carbocycles. The van der Waals surface area contributed by atoms with Crippen molar-refractivity contribution in [3.05, 3.63) is 0 Å². The highest BCUT2D eigenvalue weighted by Crippen LogP contribution is 2.34. The minimum absolute atomic E-state index is 0.480. The maximum absolute atomic E-state index is 6.18. The molecule has 1 saturated carbocycles. The molecule has 0 aromatic carbocycles. The molecule has 2 N–H and O–H groups in total. The van der Waals surface area contributed by atoms with Crippen LogP contribution in [0.15, 0.2) is 0 Å². The zero-order chi connectivity index (χ0) is 10.6. The van der Waals surface area contributed by atoms with Crippen LogP contribution in [0.5, 0.6) is 0 Å². The lowest BCUT2D eigenvalue weighted by Crippen LogP contribution is -2.33. The van der Waals surface area contributed by atoms with Gasteiger partial charge in [0.2, 0.25) is 0 Å². The van der Waals surface area contributed by atoms with Crippen molar-refractivity contribution in [3.63, 3.8) is 0 Å². The first-order chi connectivity index (χ1) is 6.65. The van der Waals surface area contributed by atoms with Crippen LogP contribution in [0, 0.1) is 17.8 Å². The monoisotopic (exact) mass is 197 g/mol. The van der Waals surface area contributed by atoms with Crippen LogP contribution >= 0.6 is 0 Å². The Hall–Kier alpha value is -0.0400. The van der Waals surface area contributed by atoms with Gasteiger partial charge in [0.1, 0.15) is 0 Å². The third kappa shape index (κ3) is 3.27. The fraction of sp³-hybridized carbons (Fsp3) is 1.00. The molecule has 0 heterocycles. The highest BCUT2D eigenvalue weighted by Gasteiger charge is 2.26. The molecule has 1 nitrogen and oxygen atoms in total. The van der Waals surface area contributed by atoms with Crippen molar-refractivity contribution in [2.45, 2.75) is 65.3 Å². The van der Waals surface area contributed by atoms with Gasteiger partial charge in [-0.3, -0.25) is 0 Å². The van der Waals surface area contributed by atoms with E-state index in [9.17, 15) is 0 Å². The average molecular weight is 197 g/mol. The Morgan fingerprint density at radius 1 is 1.07 bits per heavy atom. The second-order valence-electron chi connectivity index (χ2n) is 5.37. The van der Waals surface area contributed by atoms with Crippen LogP contribution in [-0.4, -0.2) is 6.04 Å². The largest absolute Gasteiger partial charge is 0.327 e. The molecule has 0 aliphatic heterocycles. The summed E-state index contributed by atoms with van der Waals surface area (Å²) < 4.78 is 0. The molecule has 0 spiro atoms. The molecule has 0 saturated heterocycles. The number of nitrogens with two attached hydrogens (primary N) is 1. The van der Waals surface area contributed by atoms with E-state index in [0.717, 1.165) is 17.8 Å². The molecule has 1 atom stereocenters. The molecule has 1 fully saturated rings. The first-order valence-electron chi connectivity index (χ1n) is 6.40. The van der Waals surface area contributed by atoms with Crippen LogP contribution in [0.3, 0.4) is 0 Å². The highest BCUT2D eigenvalue weighted by molar-refractivity contribution is 4.80. The van der Waals surface area contributed by atoms with Gasteiger partial charge in [-0.25, -0.2) is 0 Å². The van der Waals surface area contributed by atoms with Gasteiger partial charge < -0.3 is 5.73 Å². The predicted octanol–water partition coefficient (Wildman–Crippen LogP) is 3.58. The minimum Gasteiger partial charge on any atom is -0.327 e. The Balaban J connectivity index is 2.28. The van der Waals surface area contributed by atoms with E-state index in [2.05, 4.69) is 20.8 Å². The number of rotatable bonds is 4. The maximum Gasteiger partial charge on any atom is 0.00670 e. The summed E-state index contributed by atoms with van der Waals surface area (Å²) >= 11 is 0. The van der Waals surface area contributed by atoms with Gasteiger partial charge in [0.25, 0.3) is 0 Å². The van der Waals surface area contributed by atoms with E-state index in [-0.39, 0.29) is 0 Å². The maximum atomic E-state index is 6.18. The van der Waals surface area contributed by atoms with Crippen molar-refractivity contribution >= 4 is 0 Å². The summed E-state index contributed by atoms with van der Waals surface area (Å²) in [7, 11) is 0. The Morgan fingerprint density at radius 2 is 1.57 bits per heavy atom.